The van der Waals surface area contributed by atoms with Crippen LogP contribution in [0.25, 0.3) is 5.52 Å². The summed E-state index contributed by atoms with van der Waals surface area (Å²) in [4.78, 5) is 9.22. The topological polar surface area (TPSA) is 62.5 Å². The molecule has 0 saturated heterocycles. The van der Waals surface area contributed by atoms with Crippen LogP contribution in [0.15, 0.2) is 23.0 Å². The summed E-state index contributed by atoms with van der Waals surface area (Å²) >= 11 is 3.58. The zero-order chi connectivity index (χ0) is 18.9. The highest BCUT2D eigenvalue weighted by Gasteiger charge is 2.25. The first-order chi connectivity index (χ1) is 12.3. The van der Waals surface area contributed by atoms with Gasteiger partial charge in [0.2, 0.25) is 0 Å². The highest BCUT2D eigenvalue weighted by molar-refractivity contribution is 9.10. The van der Waals surface area contributed by atoms with Gasteiger partial charge in [0.15, 0.2) is 5.82 Å². The molecule has 0 amide bonds. The SMILES string of the molecule is C=C(Cc1cnc(NO)c2c(Br)nc(C3CCCCC3)n12)CC(C)(C)C. The molecule has 1 saturated carbocycles. The zero-order valence-corrected chi connectivity index (χ0v) is 17.6. The molecule has 0 bridgehead atoms. The number of anilines is 1. The number of imidazole rings is 1. The fourth-order valence-electron chi connectivity index (χ4n) is 4.07. The van der Waals surface area contributed by atoms with Crippen LogP contribution in [0.4, 0.5) is 5.82 Å². The van der Waals surface area contributed by atoms with Crippen molar-refractivity contribution in [3.05, 3.63) is 34.5 Å². The summed E-state index contributed by atoms with van der Waals surface area (Å²) in [7, 11) is 0. The Hall–Kier alpha value is -1.40. The van der Waals surface area contributed by atoms with Crippen molar-refractivity contribution in [1.82, 2.24) is 14.4 Å². The monoisotopic (exact) mass is 420 g/mol. The van der Waals surface area contributed by atoms with E-state index in [-0.39, 0.29) is 5.41 Å². The Bertz CT molecular complexity index is 800. The van der Waals surface area contributed by atoms with Gasteiger partial charge in [0, 0.05) is 24.2 Å². The number of rotatable bonds is 5. The van der Waals surface area contributed by atoms with Gasteiger partial charge >= 0.3 is 0 Å². The minimum absolute atomic E-state index is 0.206. The number of hydrogen-bond acceptors (Lipinski definition) is 4. The van der Waals surface area contributed by atoms with Gasteiger partial charge in [-0.05, 0) is 40.6 Å². The van der Waals surface area contributed by atoms with E-state index in [4.69, 9.17) is 4.98 Å². The fraction of sp³-hybridized carbons (Fsp3) is 0.600. The second kappa shape index (κ2) is 7.69. The van der Waals surface area contributed by atoms with Crippen LogP contribution in [-0.2, 0) is 6.42 Å². The van der Waals surface area contributed by atoms with Gasteiger partial charge in [-0.3, -0.25) is 15.1 Å². The van der Waals surface area contributed by atoms with E-state index in [0.717, 1.165) is 47.3 Å². The van der Waals surface area contributed by atoms with Crippen LogP contribution >= 0.6 is 15.9 Å². The number of halogens is 1. The Balaban J connectivity index is 2.06. The molecule has 3 rings (SSSR count). The van der Waals surface area contributed by atoms with Crippen molar-refractivity contribution in [1.29, 1.82) is 0 Å². The summed E-state index contributed by atoms with van der Waals surface area (Å²) in [5.74, 6) is 1.95. The maximum absolute atomic E-state index is 9.51. The smallest absolute Gasteiger partial charge is 0.177 e. The first-order valence-electron chi connectivity index (χ1n) is 9.42. The lowest BCUT2D eigenvalue weighted by Crippen LogP contribution is -2.13. The third-order valence-electron chi connectivity index (χ3n) is 5.00. The highest BCUT2D eigenvalue weighted by atomic mass is 79.9. The van der Waals surface area contributed by atoms with E-state index in [0.29, 0.717) is 11.7 Å². The Morgan fingerprint density at radius 3 is 2.65 bits per heavy atom. The average Bonchev–Trinajstić information content (AvgIpc) is 2.93. The van der Waals surface area contributed by atoms with Crippen LogP contribution in [0.3, 0.4) is 0 Å². The third kappa shape index (κ3) is 4.12. The normalized spacial score (nSPS) is 16.2. The lowest BCUT2D eigenvalue weighted by Gasteiger charge is -2.23. The standard InChI is InChI=1S/C20H29BrN4O/c1-13(11-20(2,3)4)10-15-12-22-18(24-26)16-17(21)23-19(25(15)16)14-8-6-5-7-9-14/h12,14,26H,1,5-11H2,2-4H3,(H,22,24). The minimum Gasteiger partial charge on any atom is -0.294 e. The average molecular weight is 421 g/mol. The van der Waals surface area contributed by atoms with Crippen molar-refractivity contribution in [3.8, 4) is 0 Å². The number of allylic oxidation sites excluding steroid dienone is 1. The van der Waals surface area contributed by atoms with E-state index in [9.17, 15) is 5.21 Å². The van der Waals surface area contributed by atoms with Crippen LogP contribution in [-0.4, -0.2) is 19.6 Å². The zero-order valence-electron chi connectivity index (χ0n) is 16.0. The van der Waals surface area contributed by atoms with Gasteiger partial charge in [0.1, 0.15) is 15.9 Å². The summed E-state index contributed by atoms with van der Waals surface area (Å²) in [6.45, 7) is 11.0. The number of nitrogens with zero attached hydrogens (tertiary/aromatic N) is 3. The van der Waals surface area contributed by atoms with Crippen LogP contribution < -0.4 is 5.48 Å². The maximum Gasteiger partial charge on any atom is 0.177 e. The van der Waals surface area contributed by atoms with E-state index in [1.54, 1.807) is 0 Å². The molecule has 1 fully saturated rings. The molecule has 26 heavy (non-hydrogen) atoms. The Labute approximate surface area is 164 Å². The molecular weight excluding hydrogens is 392 g/mol. The Morgan fingerprint density at radius 2 is 2.04 bits per heavy atom. The van der Waals surface area contributed by atoms with Gasteiger partial charge in [-0.1, -0.05) is 52.2 Å². The van der Waals surface area contributed by atoms with E-state index in [2.05, 4.69) is 58.1 Å². The van der Waals surface area contributed by atoms with Gasteiger partial charge in [-0.15, -0.1) is 0 Å². The van der Waals surface area contributed by atoms with Crippen molar-refractivity contribution in [2.75, 3.05) is 5.48 Å². The number of nitrogens with one attached hydrogen (secondary N) is 1. The van der Waals surface area contributed by atoms with E-state index < -0.39 is 0 Å². The first kappa shape index (κ1) is 19.4. The highest BCUT2D eigenvalue weighted by Crippen LogP contribution is 2.37. The fourth-order valence-corrected chi connectivity index (χ4v) is 4.62. The molecule has 2 heterocycles. The molecule has 0 radical (unpaired) electrons. The van der Waals surface area contributed by atoms with Crippen LogP contribution in [0.5, 0.6) is 0 Å². The van der Waals surface area contributed by atoms with Crippen molar-refractivity contribution in [2.24, 2.45) is 5.41 Å². The minimum atomic E-state index is 0.206. The molecule has 0 atom stereocenters. The molecule has 1 aliphatic rings. The second-order valence-corrected chi connectivity index (χ2v) is 9.41. The van der Waals surface area contributed by atoms with Crippen LogP contribution in [0.1, 0.15) is 76.7 Å². The summed E-state index contributed by atoms with van der Waals surface area (Å²) in [6, 6.07) is 0. The molecular formula is C20H29BrN4O. The first-order valence-corrected chi connectivity index (χ1v) is 10.2. The van der Waals surface area contributed by atoms with Gasteiger partial charge in [-0.2, -0.15) is 0 Å². The number of aromatic nitrogens is 3. The maximum atomic E-state index is 9.51. The molecule has 2 aromatic rings. The van der Waals surface area contributed by atoms with Gasteiger partial charge < -0.3 is 0 Å². The van der Waals surface area contributed by atoms with Gasteiger partial charge in [0.05, 0.1) is 0 Å². The number of hydrogen-bond donors (Lipinski definition) is 2. The molecule has 5 nitrogen and oxygen atoms in total. The number of fused-ring (bicyclic) bond motifs is 1. The third-order valence-corrected chi connectivity index (χ3v) is 5.56. The van der Waals surface area contributed by atoms with E-state index in [1.807, 2.05) is 6.20 Å². The van der Waals surface area contributed by atoms with Gasteiger partial charge in [-0.25, -0.2) is 9.97 Å². The molecule has 0 aromatic carbocycles. The van der Waals surface area contributed by atoms with Crippen molar-refractivity contribution >= 4 is 27.3 Å². The lowest BCUT2D eigenvalue weighted by molar-refractivity contribution is 0.386. The lowest BCUT2D eigenvalue weighted by atomic mass is 9.87. The molecule has 142 valence electrons. The molecule has 2 N–H and O–H groups in total. The molecule has 1 aliphatic carbocycles. The summed E-state index contributed by atoms with van der Waals surface area (Å²) in [5.41, 5.74) is 5.49. The Kier molecular flexibility index (Phi) is 5.72. The van der Waals surface area contributed by atoms with Crippen molar-refractivity contribution < 1.29 is 5.21 Å². The molecule has 6 heteroatoms. The van der Waals surface area contributed by atoms with E-state index in [1.165, 1.54) is 24.8 Å². The summed E-state index contributed by atoms with van der Waals surface area (Å²) < 4.78 is 2.91. The van der Waals surface area contributed by atoms with Crippen molar-refractivity contribution in [2.45, 2.75) is 71.6 Å². The molecule has 2 aromatic heterocycles. The predicted molar refractivity (Wildman–Crippen MR) is 109 cm³/mol. The quantitative estimate of drug-likeness (QED) is 0.468. The molecule has 0 unspecified atom stereocenters. The summed E-state index contributed by atoms with van der Waals surface area (Å²) in [5, 5.41) is 9.51. The second-order valence-electron chi connectivity index (χ2n) is 8.65. The predicted octanol–water partition coefficient (Wildman–Crippen LogP) is 5.88. The molecule has 0 spiro atoms. The summed E-state index contributed by atoms with van der Waals surface area (Å²) in [6.07, 6.45) is 9.69. The largest absolute Gasteiger partial charge is 0.294 e. The van der Waals surface area contributed by atoms with Crippen LogP contribution in [0.2, 0.25) is 0 Å². The van der Waals surface area contributed by atoms with Crippen molar-refractivity contribution in [3.63, 3.8) is 0 Å². The van der Waals surface area contributed by atoms with E-state index >= 15 is 0 Å². The molecule has 0 aliphatic heterocycles. The Morgan fingerprint density at radius 1 is 1.35 bits per heavy atom. The van der Waals surface area contributed by atoms with Gasteiger partial charge in [0.25, 0.3) is 0 Å². The van der Waals surface area contributed by atoms with Crippen LogP contribution in [0, 0.1) is 5.41 Å².